The molecular weight excluding hydrogens is 239 g/mol. The number of hydrogen-bond acceptors (Lipinski definition) is 2. The van der Waals surface area contributed by atoms with Crippen molar-refractivity contribution in [1.29, 1.82) is 0 Å². The van der Waals surface area contributed by atoms with Crippen molar-refractivity contribution in [3.63, 3.8) is 0 Å². The van der Waals surface area contributed by atoms with E-state index in [4.69, 9.17) is 0 Å². The van der Waals surface area contributed by atoms with Crippen molar-refractivity contribution in [3.8, 4) is 0 Å². The molecule has 1 aromatic rings. The topological polar surface area (TPSA) is 15.3 Å². The van der Waals surface area contributed by atoms with Crippen molar-refractivity contribution in [2.75, 3.05) is 13.1 Å². The van der Waals surface area contributed by atoms with E-state index >= 15 is 0 Å². The molecule has 0 bridgehead atoms. The number of likely N-dealkylation sites (tertiary alicyclic amines) is 1. The molecule has 1 aromatic carbocycles. The van der Waals surface area contributed by atoms with Gasteiger partial charge in [-0.3, -0.25) is 4.90 Å². The third-order valence-corrected chi connectivity index (χ3v) is 4.04. The molecule has 0 aromatic heterocycles. The predicted molar refractivity (Wildman–Crippen MR) is 77.6 cm³/mol. The summed E-state index contributed by atoms with van der Waals surface area (Å²) in [5.41, 5.74) is 1.08. The Morgan fingerprint density at radius 2 is 2.26 bits per heavy atom. The van der Waals surface area contributed by atoms with Crippen LogP contribution in [0.5, 0.6) is 0 Å². The van der Waals surface area contributed by atoms with Gasteiger partial charge < -0.3 is 5.32 Å². The number of halogens is 1. The van der Waals surface area contributed by atoms with Gasteiger partial charge >= 0.3 is 0 Å². The fourth-order valence-electron chi connectivity index (χ4n) is 3.11. The Hall–Kier alpha value is -0.930. The Morgan fingerprint density at radius 3 is 3.00 bits per heavy atom. The molecule has 1 aliphatic rings. The number of hydrogen-bond donors (Lipinski definition) is 1. The summed E-state index contributed by atoms with van der Waals surface area (Å²) in [6.07, 6.45) is 3.80. The van der Waals surface area contributed by atoms with Gasteiger partial charge in [0.1, 0.15) is 5.82 Å². The van der Waals surface area contributed by atoms with Gasteiger partial charge in [0.25, 0.3) is 0 Å². The molecular formula is C16H25FN2. The number of likely N-dealkylation sites (N-methyl/N-ethyl adjacent to an activating group) is 1. The normalized spacial score (nSPS) is 22.4. The highest BCUT2D eigenvalue weighted by atomic mass is 19.1. The van der Waals surface area contributed by atoms with E-state index in [2.05, 4.69) is 24.1 Å². The van der Waals surface area contributed by atoms with Gasteiger partial charge in [0, 0.05) is 18.6 Å². The van der Waals surface area contributed by atoms with Gasteiger partial charge in [-0.2, -0.15) is 0 Å². The molecule has 2 nitrogen and oxygen atoms in total. The molecule has 2 atom stereocenters. The van der Waals surface area contributed by atoms with E-state index in [1.54, 1.807) is 12.1 Å². The van der Waals surface area contributed by atoms with Crippen molar-refractivity contribution in [3.05, 3.63) is 35.6 Å². The lowest BCUT2D eigenvalue weighted by Crippen LogP contribution is -2.50. The largest absolute Gasteiger partial charge is 0.313 e. The van der Waals surface area contributed by atoms with Crippen LogP contribution in [0.1, 0.15) is 38.7 Å². The van der Waals surface area contributed by atoms with Gasteiger partial charge in [-0.05, 0) is 50.6 Å². The van der Waals surface area contributed by atoms with Gasteiger partial charge in [0.15, 0.2) is 0 Å². The molecule has 1 aliphatic heterocycles. The summed E-state index contributed by atoms with van der Waals surface area (Å²) in [4.78, 5) is 2.51. The number of benzene rings is 1. The average molecular weight is 264 g/mol. The molecule has 0 saturated carbocycles. The molecule has 0 radical (unpaired) electrons. The summed E-state index contributed by atoms with van der Waals surface area (Å²) < 4.78 is 13.3. The predicted octanol–water partition coefficient (Wildman–Crippen LogP) is 3.18. The molecule has 19 heavy (non-hydrogen) atoms. The maximum atomic E-state index is 13.3. The summed E-state index contributed by atoms with van der Waals surface area (Å²) in [6.45, 7) is 7.40. The lowest BCUT2D eigenvalue weighted by molar-refractivity contribution is 0.112. The Bertz CT molecular complexity index is 394. The van der Waals surface area contributed by atoms with E-state index < -0.39 is 0 Å². The smallest absolute Gasteiger partial charge is 0.123 e. The first-order valence-corrected chi connectivity index (χ1v) is 7.42. The number of rotatable bonds is 5. The molecule has 1 fully saturated rings. The third kappa shape index (κ3) is 4.02. The summed E-state index contributed by atoms with van der Waals surface area (Å²) in [6, 6.07) is 8.06. The monoisotopic (exact) mass is 264 g/mol. The van der Waals surface area contributed by atoms with Gasteiger partial charge in [0.05, 0.1) is 0 Å². The Labute approximate surface area is 116 Å². The van der Waals surface area contributed by atoms with E-state index in [-0.39, 0.29) is 5.82 Å². The van der Waals surface area contributed by atoms with E-state index in [0.717, 1.165) is 25.2 Å². The third-order valence-electron chi connectivity index (χ3n) is 4.04. The highest BCUT2D eigenvalue weighted by Gasteiger charge is 2.26. The van der Waals surface area contributed by atoms with Crippen LogP contribution in [0, 0.1) is 5.82 Å². The highest BCUT2D eigenvalue weighted by molar-refractivity contribution is 5.16. The summed E-state index contributed by atoms with van der Waals surface area (Å²) in [7, 11) is 0. The first kappa shape index (κ1) is 14.5. The fourth-order valence-corrected chi connectivity index (χ4v) is 3.11. The second-order valence-corrected chi connectivity index (χ2v) is 5.51. The molecule has 1 saturated heterocycles. The van der Waals surface area contributed by atoms with Gasteiger partial charge in [-0.1, -0.05) is 25.5 Å². The standard InChI is InChI=1S/C16H25FN2/c1-3-18-13(2)16-9-4-5-10-19(16)12-14-7-6-8-15(17)11-14/h6-8,11,13,16,18H,3-5,9-10,12H2,1-2H3. The van der Waals surface area contributed by atoms with Crippen molar-refractivity contribution >= 4 is 0 Å². The molecule has 1 heterocycles. The Morgan fingerprint density at radius 1 is 1.42 bits per heavy atom. The summed E-state index contributed by atoms with van der Waals surface area (Å²) >= 11 is 0. The summed E-state index contributed by atoms with van der Waals surface area (Å²) in [5, 5.41) is 3.53. The Balaban J connectivity index is 2.03. The van der Waals surface area contributed by atoms with Crippen molar-refractivity contribution in [2.45, 2.75) is 51.7 Å². The second kappa shape index (κ2) is 7.01. The van der Waals surface area contributed by atoms with Gasteiger partial charge in [-0.25, -0.2) is 4.39 Å². The van der Waals surface area contributed by atoms with E-state index in [0.29, 0.717) is 12.1 Å². The van der Waals surface area contributed by atoms with Crippen LogP contribution in [0.25, 0.3) is 0 Å². The van der Waals surface area contributed by atoms with Crippen LogP contribution in [-0.2, 0) is 6.54 Å². The minimum Gasteiger partial charge on any atom is -0.313 e. The van der Waals surface area contributed by atoms with Crippen molar-refractivity contribution < 1.29 is 4.39 Å². The average Bonchev–Trinajstić information content (AvgIpc) is 2.39. The lowest BCUT2D eigenvalue weighted by Gasteiger charge is -2.39. The van der Waals surface area contributed by atoms with E-state index in [1.807, 2.05) is 6.07 Å². The van der Waals surface area contributed by atoms with E-state index in [1.165, 1.54) is 25.3 Å². The number of nitrogens with one attached hydrogen (secondary N) is 1. The molecule has 1 N–H and O–H groups in total. The van der Waals surface area contributed by atoms with Crippen LogP contribution >= 0.6 is 0 Å². The van der Waals surface area contributed by atoms with Crippen LogP contribution in [0.4, 0.5) is 4.39 Å². The van der Waals surface area contributed by atoms with Crippen LogP contribution in [-0.4, -0.2) is 30.1 Å². The fraction of sp³-hybridized carbons (Fsp3) is 0.625. The van der Waals surface area contributed by atoms with Crippen LogP contribution < -0.4 is 5.32 Å². The van der Waals surface area contributed by atoms with Gasteiger partial charge in [0.2, 0.25) is 0 Å². The van der Waals surface area contributed by atoms with E-state index in [9.17, 15) is 4.39 Å². The molecule has 0 amide bonds. The summed E-state index contributed by atoms with van der Waals surface area (Å²) in [5.74, 6) is -0.134. The first-order chi connectivity index (χ1) is 9.20. The molecule has 106 valence electrons. The van der Waals surface area contributed by atoms with Crippen molar-refractivity contribution in [2.24, 2.45) is 0 Å². The minimum atomic E-state index is -0.134. The highest BCUT2D eigenvalue weighted by Crippen LogP contribution is 2.22. The van der Waals surface area contributed by atoms with Crippen LogP contribution in [0.3, 0.4) is 0 Å². The van der Waals surface area contributed by atoms with Crippen molar-refractivity contribution in [1.82, 2.24) is 10.2 Å². The minimum absolute atomic E-state index is 0.134. The number of nitrogens with zero attached hydrogens (tertiary/aromatic N) is 1. The second-order valence-electron chi connectivity index (χ2n) is 5.51. The molecule has 3 heteroatoms. The zero-order chi connectivity index (χ0) is 13.7. The first-order valence-electron chi connectivity index (χ1n) is 7.42. The Kier molecular flexibility index (Phi) is 5.34. The van der Waals surface area contributed by atoms with Crippen LogP contribution in [0.15, 0.2) is 24.3 Å². The zero-order valence-electron chi connectivity index (χ0n) is 12.0. The molecule has 2 unspecified atom stereocenters. The zero-order valence-corrected chi connectivity index (χ0v) is 12.0. The lowest BCUT2D eigenvalue weighted by atomic mass is 9.95. The maximum absolute atomic E-state index is 13.3. The maximum Gasteiger partial charge on any atom is 0.123 e. The molecule has 0 aliphatic carbocycles. The van der Waals surface area contributed by atoms with Crippen LogP contribution in [0.2, 0.25) is 0 Å². The quantitative estimate of drug-likeness (QED) is 0.878. The SMILES string of the molecule is CCNC(C)C1CCCCN1Cc1cccc(F)c1. The number of piperidine rings is 1. The van der Waals surface area contributed by atoms with Gasteiger partial charge in [-0.15, -0.1) is 0 Å². The molecule has 2 rings (SSSR count). The molecule has 0 spiro atoms.